The lowest BCUT2D eigenvalue weighted by Crippen LogP contribution is -2.30. The molecule has 0 unspecified atom stereocenters. The summed E-state index contributed by atoms with van der Waals surface area (Å²) in [5, 5.41) is 5.14. The summed E-state index contributed by atoms with van der Waals surface area (Å²) in [7, 11) is 0. The van der Waals surface area contributed by atoms with Crippen LogP contribution in [0.15, 0.2) is 127 Å². The number of aromatic amines is 1. The smallest absolute Gasteiger partial charge is 0.0503 e. The average molecular weight is 501 g/mol. The predicted octanol–water partition coefficient (Wildman–Crippen LogP) is 10.3. The lowest BCUT2D eigenvalue weighted by Gasteiger charge is -2.42. The second-order valence-corrected chi connectivity index (χ2v) is 11.1. The number of benzene rings is 6. The van der Waals surface area contributed by atoms with Gasteiger partial charge in [0.2, 0.25) is 0 Å². The highest BCUT2D eigenvalue weighted by atomic mass is 15.2. The molecular weight excluding hydrogens is 472 g/mol. The van der Waals surface area contributed by atoms with E-state index in [2.05, 4.69) is 151 Å². The molecule has 7 aromatic rings. The molecule has 186 valence electrons. The first-order valence-electron chi connectivity index (χ1n) is 13.6. The zero-order valence-corrected chi connectivity index (χ0v) is 22.1. The van der Waals surface area contributed by atoms with Gasteiger partial charge < -0.3 is 9.88 Å². The summed E-state index contributed by atoms with van der Waals surface area (Å²) in [5.41, 5.74) is 11.1. The maximum Gasteiger partial charge on any atom is 0.0503 e. The Bertz CT molecular complexity index is 2050. The molecule has 0 atom stereocenters. The Balaban J connectivity index is 1.41. The number of aromatic nitrogens is 1. The number of hydrogen-bond acceptors (Lipinski definition) is 1. The number of nitrogens with one attached hydrogen (secondary N) is 1. The standard InChI is InChI=1S/C37H28N2/c1-37(2)29-16-8-9-18-33(29)39(26-12-4-3-5-13-26)34-22-20-25(23-30(34)37)28-15-10-17-31-36(28)35-27-14-7-6-11-24(27)19-21-32(35)38-31/h3-23,38H,1-2H3. The van der Waals surface area contributed by atoms with Crippen molar-refractivity contribution in [1.29, 1.82) is 0 Å². The van der Waals surface area contributed by atoms with Crippen LogP contribution in [0.2, 0.25) is 0 Å². The molecule has 1 aromatic heterocycles. The first kappa shape index (κ1) is 22.2. The van der Waals surface area contributed by atoms with Gasteiger partial charge >= 0.3 is 0 Å². The minimum atomic E-state index is -0.145. The van der Waals surface area contributed by atoms with Crippen molar-refractivity contribution in [2.45, 2.75) is 19.3 Å². The van der Waals surface area contributed by atoms with Crippen molar-refractivity contribution in [2.75, 3.05) is 4.90 Å². The first-order chi connectivity index (χ1) is 19.1. The van der Waals surface area contributed by atoms with E-state index in [1.54, 1.807) is 0 Å². The van der Waals surface area contributed by atoms with Crippen LogP contribution in [0.5, 0.6) is 0 Å². The molecule has 0 fully saturated rings. The third-order valence-corrected chi connectivity index (χ3v) is 8.57. The normalized spacial score (nSPS) is 14.1. The van der Waals surface area contributed by atoms with Crippen molar-refractivity contribution in [3.05, 3.63) is 139 Å². The summed E-state index contributed by atoms with van der Waals surface area (Å²) >= 11 is 0. The Morgan fingerprint density at radius 1 is 0.564 bits per heavy atom. The van der Waals surface area contributed by atoms with Crippen LogP contribution in [0, 0.1) is 0 Å². The third kappa shape index (κ3) is 3.15. The van der Waals surface area contributed by atoms with Gasteiger partial charge in [-0.3, -0.25) is 0 Å². The summed E-state index contributed by atoms with van der Waals surface area (Å²) in [6.45, 7) is 4.72. The van der Waals surface area contributed by atoms with Gasteiger partial charge in [0.15, 0.2) is 0 Å². The van der Waals surface area contributed by atoms with Gasteiger partial charge in [-0.15, -0.1) is 0 Å². The minimum absolute atomic E-state index is 0.145. The Labute approximate surface area is 228 Å². The van der Waals surface area contributed by atoms with Gasteiger partial charge in [-0.05, 0) is 75.5 Å². The van der Waals surface area contributed by atoms with Gasteiger partial charge in [-0.25, -0.2) is 0 Å². The van der Waals surface area contributed by atoms with Gasteiger partial charge in [0.25, 0.3) is 0 Å². The summed E-state index contributed by atoms with van der Waals surface area (Å²) in [6, 6.07) is 46.4. The van der Waals surface area contributed by atoms with Crippen LogP contribution in [0.1, 0.15) is 25.0 Å². The van der Waals surface area contributed by atoms with Crippen molar-refractivity contribution in [3.8, 4) is 11.1 Å². The minimum Gasteiger partial charge on any atom is -0.354 e. The van der Waals surface area contributed by atoms with Crippen LogP contribution < -0.4 is 4.90 Å². The van der Waals surface area contributed by atoms with Crippen LogP contribution >= 0.6 is 0 Å². The molecule has 2 heteroatoms. The molecule has 2 nitrogen and oxygen atoms in total. The van der Waals surface area contributed by atoms with E-state index in [0.717, 1.165) is 0 Å². The molecule has 2 heterocycles. The lowest BCUT2D eigenvalue weighted by molar-refractivity contribution is 0.632. The van der Waals surface area contributed by atoms with Gasteiger partial charge in [0, 0.05) is 32.9 Å². The van der Waals surface area contributed by atoms with E-state index in [4.69, 9.17) is 0 Å². The van der Waals surface area contributed by atoms with E-state index in [0.29, 0.717) is 0 Å². The van der Waals surface area contributed by atoms with E-state index in [1.807, 2.05) is 0 Å². The highest BCUT2D eigenvalue weighted by Gasteiger charge is 2.37. The number of anilines is 3. The maximum atomic E-state index is 3.69. The predicted molar refractivity (Wildman–Crippen MR) is 166 cm³/mol. The van der Waals surface area contributed by atoms with Crippen LogP contribution in [0.3, 0.4) is 0 Å². The third-order valence-electron chi connectivity index (χ3n) is 8.57. The Morgan fingerprint density at radius 2 is 1.31 bits per heavy atom. The van der Waals surface area contributed by atoms with E-state index in [-0.39, 0.29) is 5.41 Å². The number of nitrogens with zero attached hydrogens (tertiary/aromatic N) is 1. The Hall–Kier alpha value is -4.82. The first-order valence-corrected chi connectivity index (χ1v) is 13.6. The number of para-hydroxylation sites is 2. The number of H-pyrrole nitrogens is 1. The lowest BCUT2D eigenvalue weighted by atomic mass is 9.73. The molecule has 1 aliphatic rings. The summed E-state index contributed by atoms with van der Waals surface area (Å²) in [6.07, 6.45) is 0. The van der Waals surface area contributed by atoms with Crippen LogP contribution in [-0.4, -0.2) is 4.98 Å². The fraction of sp³-hybridized carbons (Fsp3) is 0.0811. The molecular formula is C37H28N2. The van der Waals surface area contributed by atoms with Gasteiger partial charge in [-0.2, -0.15) is 0 Å². The Morgan fingerprint density at radius 3 is 2.21 bits per heavy atom. The monoisotopic (exact) mass is 500 g/mol. The fourth-order valence-electron chi connectivity index (χ4n) is 6.68. The number of hydrogen-bond donors (Lipinski definition) is 1. The highest BCUT2D eigenvalue weighted by molar-refractivity contribution is 6.24. The molecule has 0 bridgehead atoms. The molecule has 6 aromatic carbocycles. The van der Waals surface area contributed by atoms with E-state index in [1.165, 1.54) is 71.9 Å². The van der Waals surface area contributed by atoms with E-state index >= 15 is 0 Å². The van der Waals surface area contributed by atoms with Crippen molar-refractivity contribution in [1.82, 2.24) is 4.98 Å². The highest BCUT2D eigenvalue weighted by Crippen LogP contribution is 2.52. The van der Waals surface area contributed by atoms with Gasteiger partial charge in [0.1, 0.15) is 0 Å². The summed E-state index contributed by atoms with van der Waals surface area (Å²) in [5.74, 6) is 0. The molecule has 0 radical (unpaired) electrons. The van der Waals surface area contributed by atoms with Gasteiger partial charge in [0.05, 0.1) is 11.4 Å². The van der Waals surface area contributed by atoms with Gasteiger partial charge in [-0.1, -0.05) is 98.8 Å². The number of fused-ring (bicyclic) bond motifs is 7. The quantitative estimate of drug-likeness (QED) is 0.250. The van der Waals surface area contributed by atoms with Crippen LogP contribution in [-0.2, 0) is 5.41 Å². The zero-order valence-electron chi connectivity index (χ0n) is 22.1. The van der Waals surface area contributed by atoms with E-state index < -0.39 is 0 Å². The average Bonchev–Trinajstić information content (AvgIpc) is 3.37. The van der Waals surface area contributed by atoms with E-state index in [9.17, 15) is 0 Å². The Kier molecular flexibility index (Phi) is 4.60. The molecule has 0 saturated heterocycles. The molecule has 1 aliphatic heterocycles. The molecule has 39 heavy (non-hydrogen) atoms. The largest absolute Gasteiger partial charge is 0.354 e. The topological polar surface area (TPSA) is 19.0 Å². The van der Waals surface area contributed by atoms with Crippen molar-refractivity contribution < 1.29 is 0 Å². The SMILES string of the molecule is CC1(C)c2ccccc2N(c2ccccc2)c2ccc(-c3cccc4[nH]c5ccc6ccccc6c5c34)cc21. The molecule has 0 saturated carbocycles. The second kappa shape index (κ2) is 8.09. The molecule has 0 spiro atoms. The van der Waals surface area contributed by atoms with Crippen molar-refractivity contribution in [3.63, 3.8) is 0 Å². The van der Waals surface area contributed by atoms with Crippen LogP contribution in [0.25, 0.3) is 43.7 Å². The zero-order chi connectivity index (χ0) is 26.1. The molecule has 0 amide bonds. The fourth-order valence-corrected chi connectivity index (χ4v) is 6.68. The summed E-state index contributed by atoms with van der Waals surface area (Å²) in [4.78, 5) is 6.11. The number of rotatable bonds is 2. The van der Waals surface area contributed by atoms with Crippen molar-refractivity contribution >= 4 is 49.6 Å². The molecule has 1 N–H and O–H groups in total. The second-order valence-electron chi connectivity index (χ2n) is 11.1. The van der Waals surface area contributed by atoms with Crippen LogP contribution in [0.4, 0.5) is 17.1 Å². The molecule has 8 rings (SSSR count). The summed E-state index contributed by atoms with van der Waals surface area (Å²) < 4.78 is 0. The maximum absolute atomic E-state index is 3.69. The van der Waals surface area contributed by atoms with Crippen molar-refractivity contribution in [2.24, 2.45) is 0 Å². The molecule has 0 aliphatic carbocycles.